The average Bonchev–Trinajstić information content (AvgIpc) is 2.28. The van der Waals surface area contributed by atoms with Gasteiger partial charge in [0, 0.05) is 0 Å². The topological polar surface area (TPSA) is 0 Å². The first-order valence-electron chi connectivity index (χ1n) is 6.60. The SMILES string of the molecule is Cc1cc(Cc2ccccc2)cc(C(C)(C)C)c1. The van der Waals surface area contributed by atoms with Crippen LogP contribution >= 0.6 is 0 Å². The van der Waals surface area contributed by atoms with Crippen LogP contribution in [-0.4, -0.2) is 0 Å². The van der Waals surface area contributed by atoms with E-state index in [0.717, 1.165) is 6.42 Å². The Kier molecular flexibility index (Phi) is 3.56. The van der Waals surface area contributed by atoms with E-state index < -0.39 is 0 Å². The maximum Gasteiger partial charge on any atom is -0.00256 e. The molecule has 2 aromatic rings. The first-order valence-corrected chi connectivity index (χ1v) is 6.60. The Morgan fingerprint density at radius 2 is 1.50 bits per heavy atom. The summed E-state index contributed by atoms with van der Waals surface area (Å²) in [7, 11) is 0. The molecular weight excluding hydrogens is 216 g/mol. The Morgan fingerprint density at radius 1 is 0.833 bits per heavy atom. The summed E-state index contributed by atoms with van der Waals surface area (Å²) in [5, 5.41) is 0. The van der Waals surface area contributed by atoms with Crippen LogP contribution in [-0.2, 0) is 11.8 Å². The van der Waals surface area contributed by atoms with E-state index in [1.807, 2.05) is 0 Å². The van der Waals surface area contributed by atoms with Gasteiger partial charge in [0.25, 0.3) is 0 Å². The van der Waals surface area contributed by atoms with Crippen molar-refractivity contribution in [2.24, 2.45) is 0 Å². The zero-order chi connectivity index (χ0) is 13.2. The van der Waals surface area contributed by atoms with Gasteiger partial charge in [0.1, 0.15) is 0 Å². The van der Waals surface area contributed by atoms with Crippen molar-refractivity contribution in [2.75, 3.05) is 0 Å². The smallest absolute Gasteiger partial charge is 0.00256 e. The maximum absolute atomic E-state index is 2.35. The molecule has 0 atom stereocenters. The summed E-state index contributed by atoms with van der Waals surface area (Å²) in [6.45, 7) is 9.00. The third kappa shape index (κ3) is 3.22. The summed E-state index contributed by atoms with van der Waals surface area (Å²) in [6.07, 6.45) is 1.02. The fourth-order valence-electron chi connectivity index (χ4n) is 2.23. The first-order chi connectivity index (χ1) is 8.45. The molecule has 0 aliphatic rings. The minimum absolute atomic E-state index is 0.220. The van der Waals surface area contributed by atoms with Gasteiger partial charge in [-0.1, -0.05) is 74.9 Å². The second kappa shape index (κ2) is 4.97. The Bertz CT molecular complexity index is 515. The fraction of sp³-hybridized carbons (Fsp3) is 0.333. The van der Waals surface area contributed by atoms with Gasteiger partial charge in [0.2, 0.25) is 0 Å². The van der Waals surface area contributed by atoms with Crippen molar-refractivity contribution in [3.05, 3.63) is 70.8 Å². The number of hydrogen-bond donors (Lipinski definition) is 0. The van der Waals surface area contributed by atoms with Crippen molar-refractivity contribution in [2.45, 2.75) is 39.5 Å². The van der Waals surface area contributed by atoms with Gasteiger partial charge in [0.15, 0.2) is 0 Å². The molecule has 2 rings (SSSR count). The zero-order valence-electron chi connectivity index (χ0n) is 11.8. The van der Waals surface area contributed by atoms with Crippen LogP contribution in [0.2, 0.25) is 0 Å². The van der Waals surface area contributed by atoms with E-state index in [1.54, 1.807) is 0 Å². The largest absolute Gasteiger partial charge is 0.0622 e. The lowest BCUT2D eigenvalue weighted by molar-refractivity contribution is 0.589. The van der Waals surface area contributed by atoms with E-state index in [9.17, 15) is 0 Å². The molecule has 0 heteroatoms. The molecule has 0 spiro atoms. The highest BCUT2D eigenvalue weighted by Crippen LogP contribution is 2.25. The molecule has 94 valence electrons. The third-order valence-electron chi connectivity index (χ3n) is 3.25. The number of benzene rings is 2. The highest BCUT2D eigenvalue weighted by molar-refractivity contribution is 5.36. The lowest BCUT2D eigenvalue weighted by atomic mass is 9.84. The van der Waals surface area contributed by atoms with Crippen LogP contribution in [0.3, 0.4) is 0 Å². The maximum atomic E-state index is 2.35. The van der Waals surface area contributed by atoms with Gasteiger partial charge >= 0.3 is 0 Å². The van der Waals surface area contributed by atoms with Crippen LogP contribution in [0.5, 0.6) is 0 Å². The quantitative estimate of drug-likeness (QED) is 0.699. The third-order valence-corrected chi connectivity index (χ3v) is 3.25. The van der Waals surface area contributed by atoms with Crippen molar-refractivity contribution in [1.29, 1.82) is 0 Å². The fourth-order valence-corrected chi connectivity index (χ4v) is 2.23. The van der Waals surface area contributed by atoms with Crippen LogP contribution in [0.25, 0.3) is 0 Å². The molecule has 0 saturated carbocycles. The van der Waals surface area contributed by atoms with Gasteiger partial charge in [-0.05, 0) is 35.4 Å². The second-order valence-corrected chi connectivity index (χ2v) is 6.12. The van der Waals surface area contributed by atoms with Crippen molar-refractivity contribution >= 4 is 0 Å². The molecule has 0 aliphatic carbocycles. The molecule has 0 saturated heterocycles. The van der Waals surface area contributed by atoms with E-state index >= 15 is 0 Å². The predicted octanol–water partition coefficient (Wildman–Crippen LogP) is 4.88. The molecule has 0 nitrogen and oxygen atoms in total. The lowest BCUT2D eigenvalue weighted by Crippen LogP contribution is -2.11. The molecule has 0 fully saturated rings. The molecule has 0 bridgehead atoms. The highest BCUT2D eigenvalue weighted by Gasteiger charge is 2.14. The molecule has 0 heterocycles. The van der Waals surface area contributed by atoms with Crippen molar-refractivity contribution < 1.29 is 0 Å². The molecule has 2 aromatic carbocycles. The van der Waals surface area contributed by atoms with Crippen LogP contribution in [0.15, 0.2) is 48.5 Å². The number of rotatable bonds is 2. The summed E-state index contributed by atoms with van der Waals surface area (Å²) in [6, 6.07) is 17.6. The van der Waals surface area contributed by atoms with Crippen LogP contribution in [0, 0.1) is 6.92 Å². The zero-order valence-corrected chi connectivity index (χ0v) is 11.8. The molecule has 18 heavy (non-hydrogen) atoms. The molecule has 0 aromatic heterocycles. The summed E-state index contributed by atoms with van der Waals surface area (Å²) in [4.78, 5) is 0. The standard InChI is InChI=1S/C18H22/c1-14-10-16(12-15-8-6-5-7-9-15)13-17(11-14)18(2,3)4/h5-11,13H,12H2,1-4H3. The second-order valence-electron chi connectivity index (χ2n) is 6.12. The number of aryl methyl sites for hydroxylation is 1. The molecule has 0 radical (unpaired) electrons. The lowest BCUT2D eigenvalue weighted by Gasteiger charge is -2.21. The summed E-state index contributed by atoms with van der Waals surface area (Å²) >= 11 is 0. The van der Waals surface area contributed by atoms with Crippen LogP contribution in [0.4, 0.5) is 0 Å². The molecular formula is C18H22. The molecule has 0 N–H and O–H groups in total. The van der Waals surface area contributed by atoms with Gasteiger partial charge in [0.05, 0.1) is 0 Å². The summed E-state index contributed by atoms with van der Waals surface area (Å²) in [5.74, 6) is 0. The average molecular weight is 238 g/mol. The van der Waals surface area contributed by atoms with Gasteiger partial charge in [-0.15, -0.1) is 0 Å². The van der Waals surface area contributed by atoms with E-state index in [1.165, 1.54) is 22.3 Å². The monoisotopic (exact) mass is 238 g/mol. The Balaban J connectivity index is 2.32. The molecule has 0 unspecified atom stereocenters. The van der Waals surface area contributed by atoms with Crippen LogP contribution < -0.4 is 0 Å². The Labute approximate surface area is 111 Å². The Morgan fingerprint density at radius 3 is 2.11 bits per heavy atom. The van der Waals surface area contributed by atoms with Crippen molar-refractivity contribution in [3.8, 4) is 0 Å². The number of hydrogen-bond acceptors (Lipinski definition) is 0. The first kappa shape index (κ1) is 12.9. The van der Waals surface area contributed by atoms with E-state index in [0.29, 0.717) is 0 Å². The van der Waals surface area contributed by atoms with Crippen LogP contribution in [0.1, 0.15) is 43.0 Å². The minimum atomic E-state index is 0.220. The van der Waals surface area contributed by atoms with Gasteiger partial charge in [-0.25, -0.2) is 0 Å². The minimum Gasteiger partial charge on any atom is -0.0622 e. The van der Waals surface area contributed by atoms with E-state index in [4.69, 9.17) is 0 Å². The predicted molar refractivity (Wildman–Crippen MR) is 79.1 cm³/mol. The van der Waals surface area contributed by atoms with Gasteiger partial charge in [-0.2, -0.15) is 0 Å². The van der Waals surface area contributed by atoms with Gasteiger partial charge in [-0.3, -0.25) is 0 Å². The Hall–Kier alpha value is -1.56. The molecule has 0 amide bonds. The van der Waals surface area contributed by atoms with Crippen molar-refractivity contribution in [3.63, 3.8) is 0 Å². The highest BCUT2D eigenvalue weighted by atomic mass is 14.2. The summed E-state index contributed by atoms with van der Waals surface area (Å²) in [5.41, 5.74) is 5.79. The van der Waals surface area contributed by atoms with E-state index in [-0.39, 0.29) is 5.41 Å². The van der Waals surface area contributed by atoms with Gasteiger partial charge < -0.3 is 0 Å². The molecule has 0 aliphatic heterocycles. The normalized spacial score (nSPS) is 11.6. The van der Waals surface area contributed by atoms with E-state index in [2.05, 4.69) is 76.2 Å². The summed E-state index contributed by atoms with van der Waals surface area (Å²) < 4.78 is 0. The van der Waals surface area contributed by atoms with Crippen molar-refractivity contribution in [1.82, 2.24) is 0 Å².